The van der Waals surface area contributed by atoms with Gasteiger partial charge in [0.25, 0.3) is 0 Å². The van der Waals surface area contributed by atoms with Gasteiger partial charge in [-0.05, 0) is 50.2 Å². The molecule has 0 radical (unpaired) electrons. The van der Waals surface area contributed by atoms with Crippen molar-refractivity contribution in [3.05, 3.63) is 47.9 Å². The average Bonchev–Trinajstić information content (AvgIpc) is 3.36. The van der Waals surface area contributed by atoms with Crippen LogP contribution in [0.5, 0.6) is 0 Å². The monoisotopic (exact) mass is 509 g/mol. The van der Waals surface area contributed by atoms with Gasteiger partial charge in [0.05, 0.1) is 22.1 Å². The SMILES string of the molecule is CC(C)n1cc(C(=O)c2cccc(NS(=O)(=O)CC34CCC(CC3=O)C4(C)C)c2)c2c(N)ncnc21. The highest BCUT2D eigenvalue weighted by molar-refractivity contribution is 7.92. The Morgan fingerprint density at radius 1 is 1.28 bits per heavy atom. The standard InChI is InChI=1S/C26H31N5O4S/c1-15(2)31-12-19(21-23(27)28-14-29-24(21)31)22(33)16-6-5-7-18(10-16)30-36(34,35)13-26-9-8-17(11-20(26)32)25(26,3)4/h5-7,10,12,14-15,17,30H,8-9,11,13H2,1-4H3,(H2,27,28,29). The number of carbonyl (C=O) groups is 2. The fraction of sp³-hybridized carbons (Fsp3) is 0.462. The second-order valence-electron chi connectivity index (χ2n) is 10.9. The number of Topliss-reactive ketones (excluding diaryl/α,β-unsaturated/α-hetero) is 1. The Labute approximate surface area is 210 Å². The van der Waals surface area contributed by atoms with Gasteiger partial charge in [0.2, 0.25) is 10.0 Å². The van der Waals surface area contributed by atoms with Crippen molar-refractivity contribution in [1.29, 1.82) is 0 Å². The molecule has 36 heavy (non-hydrogen) atoms. The third-order valence-electron chi connectivity index (χ3n) is 8.41. The van der Waals surface area contributed by atoms with Crippen LogP contribution < -0.4 is 10.5 Å². The predicted molar refractivity (Wildman–Crippen MR) is 138 cm³/mol. The summed E-state index contributed by atoms with van der Waals surface area (Å²) in [6, 6.07) is 6.40. The minimum absolute atomic E-state index is 0.0404. The van der Waals surface area contributed by atoms with Crippen LogP contribution in [0.4, 0.5) is 11.5 Å². The molecule has 0 aliphatic heterocycles. The molecule has 9 nitrogen and oxygen atoms in total. The van der Waals surface area contributed by atoms with Crippen LogP contribution in [0.3, 0.4) is 0 Å². The van der Waals surface area contributed by atoms with Gasteiger partial charge in [-0.2, -0.15) is 0 Å². The van der Waals surface area contributed by atoms with Gasteiger partial charge in [0, 0.05) is 29.9 Å². The molecule has 2 fully saturated rings. The lowest BCUT2D eigenvalue weighted by Gasteiger charge is -2.36. The van der Waals surface area contributed by atoms with Gasteiger partial charge in [0.15, 0.2) is 5.78 Å². The van der Waals surface area contributed by atoms with Gasteiger partial charge in [-0.1, -0.05) is 26.0 Å². The fourth-order valence-corrected chi connectivity index (χ4v) is 8.09. The number of carbonyl (C=O) groups excluding carboxylic acids is 2. The molecule has 2 atom stereocenters. The molecule has 190 valence electrons. The maximum atomic E-state index is 13.5. The summed E-state index contributed by atoms with van der Waals surface area (Å²) in [6.45, 7) is 7.97. The van der Waals surface area contributed by atoms with Crippen LogP contribution in [0.25, 0.3) is 11.0 Å². The first-order chi connectivity index (χ1) is 16.9. The minimum Gasteiger partial charge on any atom is -0.383 e. The first kappa shape index (κ1) is 24.4. The molecule has 3 aromatic rings. The van der Waals surface area contributed by atoms with Crippen molar-refractivity contribution < 1.29 is 18.0 Å². The molecule has 0 amide bonds. The van der Waals surface area contributed by atoms with Crippen LogP contribution in [0, 0.1) is 16.7 Å². The number of sulfonamides is 1. The second kappa shape index (κ2) is 8.12. The number of benzene rings is 1. The summed E-state index contributed by atoms with van der Waals surface area (Å²) < 4.78 is 30.9. The van der Waals surface area contributed by atoms with E-state index in [0.717, 1.165) is 6.42 Å². The molecule has 2 unspecified atom stereocenters. The highest BCUT2D eigenvalue weighted by atomic mass is 32.2. The Morgan fingerprint density at radius 3 is 2.67 bits per heavy atom. The highest BCUT2D eigenvalue weighted by Crippen LogP contribution is 2.64. The molecule has 1 aromatic carbocycles. The Balaban J connectivity index is 1.45. The Kier molecular flexibility index (Phi) is 5.51. The number of nitrogens with two attached hydrogens (primary N) is 1. The van der Waals surface area contributed by atoms with Crippen LogP contribution >= 0.6 is 0 Å². The van der Waals surface area contributed by atoms with Crippen LogP contribution in [0.15, 0.2) is 36.8 Å². The predicted octanol–water partition coefficient (Wildman–Crippen LogP) is 3.96. The van der Waals surface area contributed by atoms with E-state index in [4.69, 9.17) is 5.73 Å². The van der Waals surface area contributed by atoms with E-state index < -0.39 is 15.4 Å². The lowest BCUT2D eigenvalue weighted by atomic mass is 9.70. The largest absolute Gasteiger partial charge is 0.383 e. The van der Waals surface area contributed by atoms with Crippen molar-refractivity contribution in [2.45, 2.75) is 53.0 Å². The summed E-state index contributed by atoms with van der Waals surface area (Å²) in [7, 11) is -3.85. The van der Waals surface area contributed by atoms with Crippen LogP contribution in [0.1, 0.15) is 68.9 Å². The van der Waals surface area contributed by atoms with E-state index in [1.54, 1.807) is 24.4 Å². The Morgan fingerprint density at radius 2 is 2.03 bits per heavy atom. The molecule has 0 spiro atoms. The van der Waals surface area contributed by atoms with Crippen LogP contribution in [0.2, 0.25) is 0 Å². The molecule has 2 aromatic heterocycles. The average molecular weight is 510 g/mol. The highest BCUT2D eigenvalue weighted by Gasteiger charge is 2.65. The summed E-state index contributed by atoms with van der Waals surface area (Å²) in [5.41, 5.74) is 6.37. The third-order valence-corrected chi connectivity index (χ3v) is 9.83. The number of nitrogens with zero attached hydrogens (tertiary/aromatic N) is 3. The molecule has 2 aliphatic carbocycles. The number of hydrogen-bond donors (Lipinski definition) is 2. The zero-order valence-electron chi connectivity index (χ0n) is 20.9. The van der Waals surface area contributed by atoms with E-state index in [2.05, 4.69) is 14.7 Å². The maximum Gasteiger partial charge on any atom is 0.233 e. The number of anilines is 2. The zero-order valence-corrected chi connectivity index (χ0v) is 21.7. The molecular weight excluding hydrogens is 478 g/mol. The number of ketones is 2. The van der Waals surface area contributed by atoms with E-state index >= 15 is 0 Å². The van der Waals surface area contributed by atoms with Crippen LogP contribution in [-0.2, 0) is 14.8 Å². The number of nitrogens with one attached hydrogen (secondary N) is 1. The molecule has 2 heterocycles. The number of rotatable bonds is 7. The summed E-state index contributed by atoms with van der Waals surface area (Å²) >= 11 is 0. The van der Waals surface area contributed by atoms with Crippen molar-refractivity contribution in [2.75, 3.05) is 16.2 Å². The van der Waals surface area contributed by atoms with Crippen molar-refractivity contribution in [3.63, 3.8) is 0 Å². The van der Waals surface area contributed by atoms with E-state index in [-0.39, 0.29) is 46.2 Å². The number of nitrogen functional groups attached to an aromatic ring is 1. The number of aromatic nitrogens is 3. The topological polar surface area (TPSA) is 137 Å². The first-order valence-corrected chi connectivity index (χ1v) is 13.8. The third kappa shape index (κ3) is 3.61. The van der Waals surface area contributed by atoms with E-state index in [1.165, 1.54) is 12.4 Å². The van der Waals surface area contributed by atoms with Crippen molar-refractivity contribution >= 4 is 44.1 Å². The zero-order chi connectivity index (χ0) is 26.0. The molecular formula is C26H31N5O4S. The molecule has 5 rings (SSSR count). The quantitative estimate of drug-likeness (QED) is 0.460. The number of hydrogen-bond acceptors (Lipinski definition) is 7. The van der Waals surface area contributed by atoms with Crippen molar-refractivity contribution in [2.24, 2.45) is 16.7 Å². The molecule has 10 heteroatoms. The van der Waals surface area contributed by atoms with Gasteiger partial charge < -0.3 is 10.3 Å². The lowest BCUT2D eigenvalue weighted by Crippen LogP contribution is -2.43. The van der Waals surface area contributed by atoms with E-state index in [1.807, 2.05) is 32.3 Å². The second-order valence-corrected chi connectivity index (χ2v) is 12.7. The van der Waals surface area contributed by atoms with Crippen molar-refractivity contribution in [3.8, 4) is 0 Å². The van der Waals surface area contributed by atoms with Crippen LogP contribution in [-0.4, -0.2) is 40.3 Å². The van der Waals surface area contributed by atoms with Crippen molar-refractivity contribution in [1.82, 2.24) is 14.5 Å². The van der Waals surface area contributed by atoms with Gasteiger partial charge in [-0.15, -0.1) is 0 Å². The van der Waals surface area contributed by atoms with Gasteiger partial charge in [-0.3, -0.25) is 14.3 Å². The fourth-order valence-electron chi connectivity index (χ4n) is 6.20. The minimum atomic E-state index is -3.85. The van der Waals surface area contributed by atoms with Gasteiger partial charge >= 0.3 is 0 Å². The summed E-state index contributed by atoms with van der Waals surface area (Å²) in [5, 5.41) is 0.471. The van der Waals surface area contributed by atoms with Gasteiger partial charge in [0.1, 0.15) is 23.6 Å². The summed E-state index contributed by atoms with van der Waals surface area (Å²) in [5.74, 6) is -0.0928. The first-order valence-electron chi connectivity index (χ1n) is 12.2. The van der Waals surface area contributed by atoms with E-state index in [0.29, 0.717) is 35.0 Å². The number of fused-ring (bicyclic) bond motifs is 3. The molecule has 2 saturated carbocycles. The molecule has 0 saturated heterocycles. The lowest BCUT2D eigenvalue weighted by molar-refractivity contribution is -0.128. The Hall–Kier alpha value is -3.27. The smallest absolute Gasteiger partial charge is 0.233 e. The maximum absolute atomic E-state index is 13.5. The normalized spacial score (nSPS) is 23.0. The molecule has 3 N–H and O–H groups in total. The Bertz CT molecular complexity index is 1510. The van der Waals surface area contributed by atoms with E-state index in [9.17, 15) is 18.0 Å². The summed E-state index contributed by atoms with van der Waals surface area (Å²) in [4.78, 5) is 34.7. The molecule has 2 bridgehead atoms. The van der Waals surface area contributed by atoms with Gasteiger partial charge in [-0.25, -0.2) is 18.4 Å². The summed E-state index contributed by atoms with van der Waals surface area (Å²) in [6.07, 6.45) is 4.98. The molecule has 2 aliphatic rings.